The number of nitrogens with one attached hydrogen (secondary N) is 1. The molecule has 146 valence electrons. The average Bonchev–Trinajstić information content (AvgIpc) is 2.69. The van der Waals surface area contributed by atoms with E-state index in [1.807, 2.05) is 30.3 Å². The van der Waals surface area contributed by atoms with E-state index in [1.54, 1.807) is 37.3 Å². The number of rotatable bonds is 6. The van der Waals surface area contributed by atoms with Gasteiger partial charge in [0.05, 0.1) is 10.6 Å². The third-order valence-electron chi connectivity index (χ3n) is 4.28. The second-order valence-corrected chi connectivity index (χ2v) is 7.83. The lowest BCUT2D eigenvalue weighted by Gasteiger charge is -2.27. The van der Waals surface area contributed by atoms with Gasteiger partial charge in [-0.25, -0.2) is 0 Å². The maximum Gasteiger partial charge on any atom is 0.264 e. The van der Waals surface area contributed by atoms with Crippen molar-refractivity contribution in [3.05, 3.63) is 63.5 Å². The van der Waals surface area contributed by atoms with Crippen molar-refractivity contribution in [1.29, 1.82) is 0 Å². The molecule has 0 saturated heterocycles. The molecule has 5 nitrogen and oxygen atoms in total. The number of amides is 2. The molecule has 0 atom stereocenters. The molecule has 0 bridgehead atoms. The highest BCUT2D eigenvalue weighted by Crippen LogP contribution is 2.42. The van der Waals surface area contributed by atoms with Gasteiger partial charge in [0.15, 0.2) is 0 Å². The summed E-state index contributed by atoms with van der Waals surface area (Å²) in [5.74, 6) is -0.278. The van der Waals surface area contributed by atoms with Crippen molar-refractivity contribution in [1.82, 2.24) is 5.32 Å². The quantitative estimate of drug-likeness (QED) is 0.566. The van der Waals surface area contributed by atoms with Crippen LogP contribution in [0.25, 0.3) is 6.08 Å². The van der Waals surface area contributed by atoms with Crippen molar-refractivity contribution in [2.75, 3.05) is 32.2 Å². The molecule has 2 aromatic carbocycles. The van der Waals surface area contributed by atoms with Gasteiger partial charge in [-0.05, 0) is 48.4 Å². The van der Waals surface area contributed by atoms with Crippen molar-refractivity contribution in [2.45, 2.75) is 11.3 Å². The van der Waals surface area contributed by atoms with Gasteiger partial charge in [0.25, 0.3) is 11.8 Å². The first-order valence-electron chi connectivity index (χ1n) is 8.84. The second kappa shape index (κ2) is 9.28. The summed E-state index contributed by atoms with van der Waals surface area (Å²) < 4.78 is 4.98. The minimum Gasteiger partial charge on any atom is -0.385 e. The van der Waals surface area contributed by atoms with Gasteiger partial charge in [-0.15, -0.1) is 0 Å². The van der Waals surface area contributed by atoms with Crippen LogP contribution in [0.2, 0.25) is 5.02 Å². The Bertz CT molecular complexity index is 930. The molecule has 0 unspecified atom stereocenters. The van der Waals surface area contributed by atoms with E-state index in [0.717, 1.165) is 22.6 Å². The number of halogens is 1. The fourth-order valence-electron chi connectivity index (χ4n) is 2.80. The van der Waals surface area contributed by atoms with E-state index >= 15 is 0 Å². The zero-order valence-corrected chi connectivity index (χ0v) is 17.3. The van der Waals surface area contributed by atoms with E-state index in [2.05, 4.69) is 5.32 Å². The third kappa shape index (κ3) is 4.76. The first-order valence-corrected chi connectivity index (χ1v) is 10.0. The highest BCUT2D eigenvalue weighted by molar-refractivity contribution is 8.04. The summed E-state index contributed by atoms with van der Waals surface area (Å²) in [7, 11) is 3.35. The SMILES string of the molecule is COCCCNC(=O)c1ccc2c(c1)N(C)C(=O)/C(=C/c1cccc(Cl)c1)S2. The van der Waals surface area contributed by atoms with Crippen LogP contribution < -0.4 is 10.2 Å². The van der Waals surface area contributed by atoms with E-state index in [4.69, 9.17) is 16.3 Å². The number of hydrogen-bond donors (Lipinski definition) is 1. The first kappa shape index (κ1) is 20.5. The van der Waals surface area contributed by atoms with Crippen molar-refractivity contribution in [3.8, 4) is 0 Å². The van der Waals surface area contributed by atoms with Crippen LogP contribution in [0, 0.1) is 0 Å². The van der Waals surface area contributed by atoms with Gasteiger partial charge in [-0.3, -0.25) is 9.59 Å². The van der Waals surface area contributed by atoms with Crippen LogP contribution in [0.5, 0.6) is 0 Å². The number of benzene rings is 2. The molecule has 0 radical (unpaired) electrons. The normalized spacial score (nSPS) is 14.9. The van der Waals surface area contributed by atoms with Gasteiger partial charge < -0.3 is 15.0 Å². The smallest absolute Gasteiger partial charge is 0.264 e. The summed E-state index contributed by atoms with van der Waals surface area (Å²) in [6.07, 6.45) is 2.58. The van der Waals surface area contributed by atoms with Crippen LogP contribution in [0.3, 0.4) is 0 Å². The summed E-state index contributed by atoms with van der Waals surface area (Å²) in [5, 5.41) is 3.48. The summed E-state index contributed by atoms with van der Waals surface area (Å²) in [6, 6.07) is 12.8. The number of carbonyl (C=O) groups excluding carboxylic acids is 2. The van der Waals surface area contributed by atoms with E-state index in [-0.39, 0.29) is 11.8 Å². The number of fused-ring (bicyclic) bond motifs is 1. The minimum atomic E-state index is -0.162. The fraction of sp³-hybridized carbons (Fsp3) is 0.238. The van der Waals surface area contributed by atoms with Gasteiger partial charge in [-0.2, -0.15) is 0 Å². The Kier molecular flexibility index (Phi) is 6.78. The molecule has 0 aliphatic carbocycles. The number of methoxy groups -OCH3 is 1. The molecular formula is C21H21ClN2O3S. The molecule has 7 heteroatoms. The van der Waals surface area contributed by atoms with E-state index in [0.29, 0.717) is 28.6 Å². The van der Waals surface area contributed by atoms with E-state index in [1.165, 1.54) is 11.8 Å². The van der Waals surface area contributed by atoms with E-state index in [9.17, 15) is 9.59 Å². The lowest BCUT2D eigenvalue weighted by Crippen LogP contribution is -2.31. The molecule has 2 aromatic rings. The molecule has 2 amide bonds. The topological polar surface area (TPSA) is 58.6 Å². The molecular weight excluding hydrogens is 396 g/mol. The molecule has 1 aliphatic rings. The van der Waals surface area contributed by atoms with Gasteiger partial charge in [-0.1, -0.05) is 35.5 Å². The maximum absolute atomic E-state index is 12.8. The second-order valence-electron chi connectivity index (χ2n) is 6.31. The summed E-state index contributed by atoms with van der Waals surface area (Å²) >= 11 is 7.43. The summed E-state index contributed by atoms with van der Waals surface area (Å²) in [6.45, 7) is 1.14. The number of hydrogen-bond acceptors (Lipinski definition) is 4. The number of nitrogens with zero attached hydrogens (tertiary/aromatic N) is 1. The lowest BCUT2D eigenvalue weighted by atomic mass is 10.1. The Labute approximate surface area is 173 Å². The van der Waals surface area contributed by atoms with Crippen LogP contribution in [0.1, 0.15) is 22.3 Å². The number of likely N-dealkylation sites (N-methyl/N-ethyl adjacent to an activating group) is 1. The maximum atomic E-state index is 12.8. The van der Waals surface area contributed by atoms with Crippen LogP contribution in [0.15, 0.2) is 52.3 Å². The van der Waals surface area contributed by atoms with Crippen molar-refractivity contribution in [2.24, 2.45) is 0 Å². The molecule has 1 heterocycles. The highest BCUT2D eigenvalue weighted by atomic mass is 35.5. The molecule has 0 aromatic heterocycles. The standard InChI is InChI=1S/C21H21ClN2O3S/c1-24-17-13-15(20(25)23-9-4-10-27-2)7-8-18(17)28-19(21(24)26)12-14-5-3-6-16(22)11-14/h3,5-8,11-13H,4,9-10H2,1-2H3,(H,23,25)/b19-12-. The van der Waals surface area contributed by atoms with Gasteiger partial charge in [0.2, 0.25) is 0 Å². The Morgan fingerprint density at radius 3 is 2.86 bits per heavy atom. The van der Waals surface area contributed by atoms with Gasteiger partial charge in [0, 0.05) is 42.8 Å². The first-order chi connectivity index (χ1) is 13.5. The zero-order valence-electron chi connectivity index (χ0n) is 15.7. The van der Waals surface area contributed by atoms with Gasteiger partial charge >= 0.3 is 0 Å². The van der Waals surface area contributed by atoms with Crippen LogP contribution in [-0.2, 0) is 9.53 Å². The Hall–Kier alpha value is -2.28. The summed E-state index contributed by atoms with van der Waals surface area (Å²) in [4.78, 5) is 28.2. The lowest BCUT2D eigenvalue weighted by molar-refractivity contribution is -0.114. The number of anilines is 1. The monoisotopic (exact) mass is 416 g/mol. The average molecular weight is 417 g/mol. The Balaban J connectivity index is 1.80. The Morgan fingerprint density at radius 1 is 1.29 bits per heavy atom. The highest BCUT2D eigenvalue weighted by Gasteiger charge is 2.27. The van der Waals surface area contributed by atoms with Crippen LogP contribution in [0.4, 0.5) is 5.69 Å². The molecule has 0 spiro atoms. The third-order valence-corrected chi connectivity index (χ3v) is 5.59. The molecule has 0 fully saturated rings. The molecule has 1 N–H and O–H groups in total. The fourth-order valence-corrected chi connectivity index (χ4v) is 4.09. The number of thioether (sulfide) groups is 1. The largest absolute Gasteiger partial charge is 0.385 e. The number of ether oxygens (including phenoxy) is 1. The minimum absolute atomic E-state index is 0.116. The van der Waals surface area contributed by atoms with Crippen LogP contribution >= 0.6 is 23.4 Å². The zero-order chi connectivity index (χ0) is 20.1. The molecule has 0 saturated carbocycles. The molecule has 28 heavy (non-hydrogen) atoms. The molecule has 1 aliphatic heterocycles. The van der Waals surface area contributed by atoms with E-state index < -0.39 is 0 Å². The predicted octanol–water partition coefficient (Wildman–Crippen LogP) is 4.22. The number of carbonyl (C=O) groups is 2. The van der Waals surface area contributed by atoms with Crippen molar-refractivity contribution < 1.29 is 14.3 Å². The van der Waals surface area contributed by atoms with Gasteiger partial charge in [0.1, 0.15) is 0 Å². The predicted molar refractivity (Wildman–Crippen MR) is 114 cm³/mol. The van der Waals surface area contributed by atoms with Crippen molar-refractivity contribution in [3.63, 3.8) is 0 Å². The Morgan fingerprint density at radius 2 is 2.11 bits per heavy atom. The van der Waals surface area contributed by atoms with Crippen molar-refractivity contribution >= 4 is 46.9 Å². The molecule has 3 rings (SSSR count). The van der Waals surface area contributed by atoms with Crippen LogP contribution in [-0.4, -0.2) is 39.1 Å². The summed E-state index contributed by atoms with van der Waals surface area (Å²) in [5.41, 5.74) is 2.12.